The van der Waals surface area contributed by atoms with Crippen molar-refractivity contribution in [3.8, 4) is 0 Å². The highest BCUT2D eigenvalue weighted by Gasteiger charge is 2.16. The molecule has 104 valence electrons. The Morgan fingerprint density at radius 3 is 2.30 bits per heavy atom. The third-order valence-corrected chi connectivity index (χ3v) is 3.34. The van der Waals surface area contributed by atoms with Crippen LogP contribution in [0.25, 0.3) is 0 Å². The van der Waals surface area contributed by atoms with Crippen LogP contribution in [0.3, 0.4) is 0 Å². The van der Waals surface area contributed by atoms with E-state index in [4.69, 9.17) is 33.7 Å². The maximum atomic E-state index is 11.8. The molecule has 2 rings (SSSR count). The van der Waals surface area contributed by atoms with Crippen molar-refractivity contribution in [2.75, 3.05) is 18.2 Å². The first-order valence-corrected chi connectivity index (χ1v) is 6.48. The van der Waals surface area contributed by atoms with Crippen LogP contribution in [0.5, 0.6) is 0 Å². The van der Waals surface area contributed by atoms with Crippen LogP contribution < -0.4 is 11.1 Å². The van der Waals surface area contributed by atoms with Gasteiger partial charge in [-0.2, -0.15) is 0 Å². The molecule has 0 atom stereocenters. The number of nitrogen functional groups attached to an aromatic ring is 1. The Labute approximate surface area is 126 Å². The summed E-state index contributed by atoms with van der Waals surface area (Å²) in [4.78, 5) is 11.8. The molecule has 0 unspecified atom stereocenters. The monoisotopic (exact) mass is 310 g/mol. The van der Waals surface area contributed by atoms with E-state index in [0.29, 0.717) is 32.7 Å². The van der Waals surface area contributed by atoms with Gasteiger partial charge in [0.2, 0.25) is 0 Å². The second-order valence-corrected chi connectivity index (χ2v) is 4.80. The zero-order valence-corrected chi connectivity index (χ0v) is 12.1. The molecule has 4 nitrogen and oxygen atoms in total. The summed E-state index contributed by atoms with van der Waals surface area (Å²) in [6.07, 6.45) is 0. The second kappa shape index (κ2) is 6.03. The van der Waals surface area contributed by atoms with E-state index in [1.54, 1.807) is 36.4 Å². The van der Waals surface area contributed by atoms with Crippen LogP contribution in [-0.2, 0) is 4.74 Å². The van der Waals surface area contributed by atoms with E-state index >= 15 is 0 Å². The minimum absolute atomic E-state index is 0.309. The highest BCUT2D eigenvalue weighted by molar-refractivity contribution is 6.39. The van der Waals surface area contributed by atoms with E-state index in [9.17, 15) is 4.79 Å². The fourth-order valence-electron chi connectivity index (χ4n) is 1.73. The van der Waals surface area contributed by atoms with Gasteiger partial charge >= 0.3 is 5.97 Å². The van der Waals surface area contributed by atoms with Crippen molar-refractivity contribution in [3.63, 3.8) is 0 Å². The first-order chi connectivity index (χ1) is 9.54. The van der Waals surface area contributed by atoms with Crippen molar-refractivity contribution in [3.05, 3.63) is 52.0 Å². The number of hydrogen-bond donors (Lipinski definition) is 2. The van der Waals surface area contributed by atoms with Gasteiger partial charge in [0.15, 0.2) is 0 Å². The van der Waals surface area contributed by atoms with Crippen molar-refractivity contribution >= 4 is 46.2 Å². The maximum absolute atomic E-state index is 11.8. The van der Waals surface area contributed by atoms with Gasteiger partial charge in [0, 0.05) is 0 Å². The zero-order valence-electron chi connectivity index (χ0n) is 10.6. The maximum Gasteiger partial charge on any atom is 0.340 e. The highest BCUT2D eigenvalue weighted by Crippen LogP contribution is 2.35. The summed E-state index contributed by atoms with van der Waals surface area (Å²) in [5, 5.41) is 3.86. The molecule has 2 aromatic rings. The molecule has 0 aliphatic rings. The van der Waals surface area contributed by atoms with Crippen LogP contribution in [0.1, 0.15) is 10.4 Å². The smallest absolute Gasteiger partial charge is 0.340 e. The lowest BCUT2D eigenvalue weighted by Gasteiger charge is -2.15. The van der Waals surface area contributed by atoms with E-state index in [2.05, 4.69) is 5.32 Å². The minimum atomic E-state index is -0.497. The van der Waals surface area contributed by atoms with Crippen LogP contribution in [-0.4, -0.2) is 13.1 Å². The minimum Gasteiger partial charge on any atom is -0.465 e. The molecular weight excluding hydrogens is 299 g/mol. The van der Waals surface area contributed by atoms with Gasteiger partial charge in [0.05, 0.1) is 39.8 Å². The van der Waals surface area contributed by atoms with Gasteiger partial charge in [-0.25, -0.2) is 4.79 Å². The van der Waals surface area contributed by atoms with Crippen molar-refractivity contribution in [2.45, 2.75) is 0 Å². The van der Waals surface area contributed by atoms with Crippen LogP contribution >= 0.6 is 23.2 Å². The van der Waals surface area contributed by atoms with Crippen LogP contribution in [0.2, 0.25) is 10.0 Å². The number of methoxy groups -OCH3 is 1. The normalized spacial score (nSPS) is 10.2. The van der Waals surface area contributed by atoms with Crippen LogP contribution in [0.15, 0.2) is 36.4 Å². The molecule has 0 spiro atoms. The van der Waals surface area contributed by atoms with Crippen LogP contribution in [0.4, 0.5) is 17.1 Å². The number of carbonyl (C=O) groups excluding carboxylic acids is 1. The summed E-state index contributed by atoms with van der Waals surface area (Å²) in [5.41, 5.74) is 7.50. The van der Waals surface area contributed by atoms with E-state index < -0.39 is 5.97 Å². The van der Waals surface area contributed by atoms with E-state index in [1.807, 2.05) is 0 Å². The fourth-order valence-corrected chi connectivity index (χ4v) is 2.22. The quantitative estimate of drug-likeness (QED) is 0.661. The molecule has 0 amide bonds. The number of esters is 1. The number of ether oxygens (including phenoxy) is 1. The van der Waals surface area contributed by atoms with Crippen molar-refractivity contribution < 1.29 is 9.53 Å². The van der Waals surface area contributed by atoms with Gasteiger partial charge in [-0.3, -0.25) is 0 Å². The number of anilines is 3. The Morgan fingerprint density at radius 1 is 1.10 bits per heavy atom. The summed E-state index contributed by atoms with van der Waals surface area (Å²) in [7, 11) is 1.30. The van der Waals surface area contributed by atoms with Gasteiger partial charge < -0.3 is 15.8 Å². The molecule has 0 saturated heterocycles. The Hall–Kier alpha value is -1.91. The van der Waals surface area contributed by atoms with Gasteiger partial charge in [-0.05, 0) is 24.3 Å². The van der Waals surface area contributed by atoms with Crippen molar-refractivity contribution in [2.24, 2.45) is 0 Å². The number of carbonyl (C=O) groups is 1. The molecule has 0 aliphatic heterocycles. The molecule has 0 bridgehead atoms. The topological polar surface area (TPSA) is 64.3 Å². The number of benzene rings is 2. The second-order valence-electron chi connectivity index (χ2n) is 3.98. The zero-order chi connectivity index (χ0) is 14.7. The summed E-state index contributed by atoms with van der Waals surface area (Å²) in [6, 6.07) is 10.0. The average Bonchev–Trinajstić information content (AvgIpc) is 2.43. The Bertz CT molecular complexity index is 639. The summed E-state index contributed by atoms with van der Waals surface area (Å²) in [6.45, 7) is 0. The molecule has 0 saturated carbocycles. The van der Waals surface area contributed by atoms with E-state index in [-0.39, 0.29) is 0 Å². The lowest BCUT2D eigenvalue weighted by Crippen LogP contribution is -2.08. The molecular formula is C14H12Cl2N2O2. The number of halogens is 2. The van der Waals surface area contributed by atoms with E-state index in [1.165, 1.54) is 7.11 Å². The standard InChI is InChI=1S/C14H12Cl2N2O2/c1-20-14(19)8-4-2-7-11(17)12(8)18-13-9(15)5-3-6-10(13)16/h2-7,18H,17H2,1H3. The number of para-hydroxylation sites is 2. The third kappa shape index (κ3) is 2.81. The molecule has 6 heteroatoms. The van der Waals surface area contributed by atoms with Gasteiger partial charge in [0.25, 0.3) is 0 Å². The number of rotatable bonds is 3. The number of nitrogens with two attached hydrogens (primary N) is 1. The molecule has 3 N–H and O–H groups in total. The van der Waals surface area contributed by atoms with Crippen molar-refractivity contribution in [1.82, 2.24) is 0 Å². The molecule has 0 fully saturated rings. The molecule has 2 aromatic carbocycles. The average molecular weight is 311 g/mol. The molecule has 0 radical (unpaired) electrons. The highest BCUT2D eigenvalue weighted by atomic mass is 35.5. The third-order valence-electron chi connectivity index (χ3n) is 2.71. The molecule has 0 aromatic heterocycles. The Balaban J connectivity index is 2.51. The fraction of sp³-hybridized carbons (Fsp3) is 0.0714. The molecule has 20 heavy (non-hydrogen) atoms. The molecule has 0 heterocycles. The largest absolute Gasteiger partial charge is 0.465 e. The van der Waals surface area contributed by atoms with Gasteiger partial charge in [-0.1, -0.05) is 35.3 Å². The number of nitrogens with one attached hydrogen (secondary N) is 1. The Morgan fingerprint density at radius 2 is 1.70 bits per heavy atom. The molecule has 0 aliphatic carbocycles. The summed E-state index contributed by atoms with van der Waals surface area (Å²) >= 11 is 12.2. The Kier molecular flexibility index (Phi) is 4.37. The van der Waals surface area contributed by atoms with Gasteiger partial charge in [0.1, 0.15) is 0 Å². The van der Waals surface area contributed by atoms with Crippen molar-refractivity contribution in [1.29, 1.82) is 0 Å². The summed E-state index contributed by atoms with van der Waals surface area (Å²) < 4.78 is 4.73. The lowest BCUT2D eigenvalue weighted by atomic mass is 10.1. The van der Waals surface area contributed by atoms with E-state index in [0.717, 1.165) is 0 Å². The first kappa shape index (κ1) is 14.5. The lowest BCUT2D eigenvalue weighted by molar-refractivity contribution is 0.0602. The predicted molar refractivity (Wildman–Crippen MR) is 81.9 cm³/mol. The predicted octanol–water partition coefficient (Wildman–Crippen LogP) is 4.11. The summed E-state index contributed by atoms with van der Waals surface area (Å²) in [5.74, 6) is -0.497. The van der Waals surface area contributed by atoms with Crippen LogP contribution in [0, 0.1) is 0 Å². The SMILES string of the molecule is COC(=O)c1cccc(N)c1Nc1c(Cl)cccc1Cl. The van der Waals surface area contributed by atoms with Gasteiger partial charge in [-0.15, -0.1) is 0 Å². The number of hydrogen-bond acceptors (Lipinski definition) is 4. The first-order valence-electron chi connectivity index (χ1n) is 5.72.